The highest BCUT2D eigenvalue weighted by Gasteiger charge is 2.60. The number of carbonyl (C=O) groups excluding carboxylic acids is 1. The van der Waals surface area contributed by atoms with E-state index >= 15 is 0 Å². The lowest BCUT2D eigenvalue weighted by Crippen LogP contribution is -2.63. The van der Waals surface area contributed by atoms with E-state index in [1.54, 1.807) is 23.8 Å². The molecular weight excluding hydrogens is 346 g/mol. The Balaban J connectivity index is 1.91. The first-order valence-electron chi connectivity index (χ1n) is 7.92. The Morgan fingerprint density at radius 2 is 2.20 bits per heavy atom. The molecular formula is C16H17N3O5S. The van der Waals surface area contributed by atoms with Crippen LogP contribution in [0, 0.1) is 11.8 Å². The zero-order valence-corrected chi connectivity index (χ0v) is 14.4. The van der Waals surface area contributed by atoms with E-state index in [0.29, 0.717) is 16.1 Å². The molecule has 8 nitrogen and oxygen atoms in total. The molecule has 4 heterocycles. The number of aliphatic hydroxyl groups is 2. The number of amides is 1. The average molecular weight is 363 g/mol. The van der Waals surface area contributed by atoms with Gasteiger partial charge in [-0.2, -0.15) is 0 Å². The van der Waals surface area contributed by atoms with Crippen molar-refractivity contribution in [3.63, 3.8) is 0 Å². The molecule has 0 bridgehead atoms. The quantitative estimate of drug-likeness (QED) is 0.683. The van der Waals surface area contributed by atoms with Gasteiger partial charge in [-0.1, -0.05) is 6.92 Å². The molecule has 0 unspecified atom stereocenters. The standard InChI is InChI=1S/C16H17N3O5S/c1-6-10(14-8(4-20)18-5-17-3-9(18)25-14)13(16(23)24)19-12(6)11(7(2)21)15(19)22/h3,5-7,11-12,20-21H,4H2,1-2H3,(H,23,24)/t6-,7+,11+,12+/m0/s1. The van der Waals surface area contributed by atoms with E-state index in [4.69, 9.17) is 0 Å². The SMILES string of the molecule is C[C@@H](O)[C@H]1C(=O)N2C(C(=O)O)=C(c3sc4cncn4c3CO)[C@H](C)[C@H]12. The lowest BCUT2D eigenvalue weighted by molar-refractivity contribution is -0.163. The van der Waals surface area contributed by atoms with E-state index in [1.807, 2.05) is 6.92 Å². The number of thiazole rings is 1. The Kier molecular flexibility index (Phi) is 3.50. The van der Waals surface area contributed by atoms with E-state index in [-0.39, 0.29) is 30.2 Å². The number of imidazole rings is 1. The van der Waals surface area contributed by atoms with Gasteiger partial charge in [0.05, 0.1) is 41.4 Å². The number of aliphatic hydroxyl groups excluding tert-OH is 2. The van der Waals surface area contributed by atoms with Crippen LogP contribution in [-0.4, -0.2) is 53.6 Å². The molecule has 1 amide bonds. The molecule has 2 aromatic heterocycles. The summed E-state index contributed by atoms with van der Waals surface area (Å²) in [6, 6.07) is -0.375. The van der Waals surface area contributed by atoms with Crippen molar-refractivity contribution in [3.8, 4) is 0 Å². The van der Waals surface area contributed by atoms with Crippen LogP contribution in [0.25, 0.3) is 10.4 Å². The fourth-order valence-corrected chi connectivity index (χ4v) is 5.31. The summed E-state index contributed by atoms with van der Waals surface area (Å²) in [6.45, 7) is 3.14. The van der Waals surface area contributed by atoms with Gasteiger partial charge in [0.2, 0.25) is 5.91 Å². The highest BCUT2D eigenvalue weighted by Crippen LogP contribution is 2.52. The summed E-state index contributed by atoms with van der Waals surface area (Å²) in [6.07, 6.45) is 2.37. The molecule has 0 saturated carbocycles. The van der Waals surface area contributed by atoms with Crippen LogP contribution in [0.2, 0.25) is 0 Å². The van der Waals surface area contributed by atoms with E-state index in [9.17, 15) is 24.9 Å². The number of carboxylic acids is 1. The van der Waals surface area contributed by atoms with Gasteiger partial charge < -0.3 is 20.2 Å². The molecule has 0 radical (unpaired) electrons. The summed E-state index contributed by atoms with van der Waals surface area (Å²) in [4.78, 5) is 31.1. The number of aromatic nitrogens is 2. The largest absolute Gasteiger partial charge is 0.477 e. The average Bonchev–Trinajstić information content (AvgIpc) is 3.16. The third-order valence-electron chi connectivity index (χ3n) is 5.13. The Hall–Kier alpha value is -2.23. The van der Waals surface area contributed by atoms with Crippen molar-refractivity contribution < 1.29 is 24.9 Å². The highest BCUT2D eigenvalue weighted by atomic mass is 32.1. The second kappa shape index (κ2) is 5.38. The summed E-state index contributed by atoms with van der Waals surface area (Å²) < 4.78 is 1.72. The Bertz CT molecular complexity index is 927. The monoisotopic (exact) mass is 363 g/mol. The lowest BCUT2D eigenvalue weighted by Gasteiger charge is -2.46. The highest BCUT2D eigenvalue weighted by molar-refractivity contribution is 7.18. The predicted molar refractivity (Wildman–Crippen MR) is 88.5 cm³/mol. The van der Waals surface area contributed by atoms with Gasteiger partial charge in [0.1, 0.15) is 16.9 Å². The molecule has 4 atom stereocenters. The molecule has 1 fully saturated rings. The van der Waals surface area contributed by atoms with Gasteiger partial charge >= 0.3 is 5.97 Å². The van der Waals surface area contributed by atoms with Crippen LogP contribution >= 0.6 is 11.3 Å². The van der Waals surface area contributed by atoms with Gasteiger partial charge in [0, 0.05) is 11.5 Å². The number of nitrogens with zero attached hydrogens (tertiary/aromatic N) is 3. The molecule has 2 aromatic rings. The van der Waals surface area contributed by atoms with E-state index in [2.05, 4.69) is 4.98 Å². The minimum atomic E-state index is -1.18. The maximum absolute atomic E-state index is 12.4. The van der Waals surface area contributed by atoms with Crippen molar-refractivity contribution in [2.75, 3.05) is 0 Å². The molecule has 0 aliphatic carbocycles. The summed E-state index contributed by atoms with van der Waals surface area (Å²) in [5.41, 5.74) is 1.04. The number of β-lactam (4-membered cyclic amide) rings is 1. The third-order valence-corrected chi connectivity index (χ3v) is 6.30. The molecule has 4 rings (SSSR count). The zero-order valence-electron chi connectivity index (χ0n) is 13.6. The molecule has 3 N–H and O–H groups in total. The minimum Gasteiger partial charge on any atom is -0.477 e. The summed E-state index contributed by atoms with van der Waals surface area (Å²) >= 11 is 1.34. The van der Waals surface area contributed by atoms with E-state index in [0.717, 1.165) is 4.83 Å². The van der Waals surface area contributed by atoms with Crippen LogP contribution in [0.1, 0.15) is 24.4 Å². The third kappa shape index (κ3) is 1.97. The van der Waals surface area contributed by atoms with Crippen molar-refractivity contribution in [1.82, 2.24) is 14.3 Å². The number of hydrogen-bond donors (Lipinski definition) is 3. The molecule has 1 saturated heterocycles. The molecule has 132 valence electrons. The summed E-state index contributed by atoms with van der Waals surface area (Å²) in [7, 11) is 0. The zero-order chi connectivity index (χ0) is 18.0. The fourth-order valence-electron chi connectivity index (χ4n) is 4.06. The van der Waals surface area contributed by atoms with Gasteiger partial charge in [-0.3, -0.25) is 9.20 Å². The second-order valence-corrected chi connectivity index (χ2v) is 7.49. The van der Waals surface area contributed by atoms with Crippen molar-refractivity contribution in [2.24, 2.45) is 11.8 Å². The Morgan fingerprint density at radius 3 is 2.80 bits per heavy atom. The van der Waals surface area contributed by atoms with Crippen LogP contribution in [0.5, 0.6) is 0 Å². The molecule has 2 aliphatic rings. The molecule has 25 heavy (non-hydrogen) atoms. The van der Waals surface area contributed by atoms with Crippen LogP contribution in [0.4, 0.5) is 0 Å². The minimum absolute atomic E-state index is 0.0495. The molecule has 9 heteroatoms. The van der Waals surface area contributed by atoms with Crippen molar-refractivity contribution in [3.05, 3.63) is 28.8 Å². The van der Waals surface area contributed by atoms with Gasteiger partial charge in [-0.25, -0.2) is 9.78 Å². The van der Waals surface area contributed by atoms with Crippen LogP contribution in [0.15, 0.2) is 18.2 Å². The van der Waals surface area contributed by atoms with Crippen molar-refractivity contribution in [1.29, 1.82) is 0 Å². The van der Waals surface area contributed by atoms with Crippen molar-refractivity contribution in [2.45, 2.75) is 32.6 Å². The Labute approximate surface area is 146 Å². The maximum atomic E-state index is 12.4. The number of carboxylic acid groups (broad SMARTS) is 1. The summed E-state index contributed by atoms with van der Waals surface area (Å²) in [5, 5.41) is 29.4. The fraction of sp³-hybridized carbons (Fsp3) is 0.438. The number of rotatable bonds is 4. The maximum Gasteiger partial charge on any atom is 0.352 e. The van der Waals surface area contributed by atoms with Gasteiger partial charge in [0.25, 0.3) is 0 Å². The second-order valence-electron chi connectivity index (χ2n) is 6.46. The summed E-state index contributed by atoms with van der Waals surface area (Å²) in [5.74, 6) is -2.41. The Morgan fingerprint density at radius 1 is 1.48 bits per heavy atom. The normalized spacial score (nSPS) is 27.0. The van der Waals surface area contributed by atoms with Gasteiger partial charge in [0.15, 0.2) is 0 Å². The van der Waals surface area contributed by atoms with Crippen LogP contribution in [0.3, 0.4) is 0 Å². The van der Waals surface area contributed by atoms with E-state index in [1.165, 1.54) is 16.2 Å². The predicted octanol–water partition coefficient (Wildman–Crippen LogP) is 0.541. The lowest BCUT2D eigenvalue weighted by atomic mass is 9.77. The first-order chi connectivity index (χ1) is 11.9. The van der Waals surface area contributed by atoms with Crippen molar-refractivity contribution >= 4 is 33.6 Å². The first kappa shape index (κ1) is 16.2. The first-order valence-corrected chi connectivity index (χ1v) is 8.73. The number of carbonyl (C=O) groups is 2. The number of aliphatic carboxylic acids is 1. The van der Waals surface area contributed by atoms with Gasteiger partial charge in [-0.05, 0) is 6.92 Å². The van der Waals surface area contributed by atoms with Crippen LogP contribution < -0.4 is 0 Å². The van der Waals surface area contributed by atoms with Crippen LogP contribution in [-0.2, 0) is 16.2 Å². The number of fused-ring (bicyclic) bond motifs is 2. The molecule has 0 spiro atoms. The topological polar surface area (TPSA) is 115 Å². The van der Waals surface area contributed by atoms with E-state index < -0.39 is 18.0 Å². The van der Waals surface area contributed by atoms with Gasteiger partial charge in [-0.15, -0.1) is 11.3 Å². The molecule has 2 aliphatic heterocycles. The number of hydrogen-bond acceptors (Lipinski definition) is 6. The molecule has 0 aromatic carbocycles. The smallest absolute Gasteiger partial charge is 0.352 e.